The number of hydrogen-bond acceptors (Lipinski definition) is 5. The van der Waals surface area contributed by atoms with Gasteiger partial charge in [0.25, 0.3) is 0 Å². The van der Waals surface area contributed by atoms with Crippen molar-refractivity contribution < 1.29 is 14.3 Å². The van der Waals surface area contributed by atoms with Gasteiger partial charge in [-0.1, -0.05) is 11.6 Å². The van der Waals surface area contributed by atoms with Gasteiger partial charge in [-0.15, -0.1) is 0 Å². The zero-order chi connectivity index (χ0) is 14.5. The van der Waals surface area contributed by atoms with Gasteiger partial charge in [0.2, 0.25) is 0 Å². The number of esters is 1. The molecule has 0 radical (unpaired) electrons. The molecule has 0 fully saturated rings. The molecule has 6 heteroatoms. The van der Waals surface area contributed by atoms with Gasteiger partial charge in [-0.05, 0) is 24.3 Å². The third-order valence-electron chi connectivity index (χ3n) is 2.66. The van der Waals surface area contributed by atoms with Crippen molar-refractivity contribution in [2.45, 2.75) is 6.61 Å². The molecule has 0 saturated heterocycles. The molecule has 5 nitrogen and oxygen atoms in total. The molecule has 2 rings (SSSR count). The molecule has 0 bridgehead atoms. The standard InChI is InChI=1S/C14H13ClN2O3/c1-19-13-3-2-10(16)6-11(13)14(18)20-8-9-4-5-17-7-12(9)15/h2-7H,8,16H2,1H3. The summed E-state index contributed by atoms with van der Waals surface area (Å²) < 4.78 is 10.3. The summed E-state index contributed by atoms with van der Waals surface area (Å²) in [5.74, 6) is -0.118. The Balaban J connectivity index is 2.13. The van der Waals surface area contributed by atoms with Crippen LogP contribution in [0, 0.1) is 0 Å². The highest BCUT2D eigenvalue weighted by molar-refractivity contribution is 6.31. The fraction of sp³-hybridized carbons (Fsp3) is 0.143. The molecule has 0 atom stereocenters. The number of carbonyl (C=O) groups is 1. The molecule has 20 heavy (non-hydrogen) atoms. The molecule has 1 aromatic carbocycles. The lowest BCUT2D eigenvalue weighted by Crippen LogP contribution is -2.08. The van der Waals surface area contributed by atoms with E-state index in [1.54, 1.807) is 24.4 Å². The molecule has 104 valence electrons. The van der Waals surface area contributed by atoms with Crippen LogP contribution in [0.1, 0.15) is 15.9 Å². The van der Waals surface area contributed by atoms with E-state index in [1.807, 2.05) is 0 Å². The molecule has 0 aliphatic carbocycles. The number of nitrogens with zero attached hydrogens (tertiary/aromatic N) is 1. The Kier molecular flexibility index (Phi) is 4.42. The van der Waals surface area contributed by atoms with Crippen LogP contribution in [0.5, 0.6) is 5.75 Å². The molecule has 0 spiro atoms. The second-order valence-corrected chi connectivity index (χ2v) is 4.41. The highest BCUT2D eigenvalue weighted by Crippen LogP contribution is 2.23. The third kappa shape index (κ3) is 3.19. The zero-order valence-electron chi connectivity index (χ0n) is 10.8. The van der Waals surface area contributed by atoms with E-state index in [0.717, 1.165) is 0 Å². The minimum absolute atomic E-state index is 0.0537. The van der Waals surface area contributed by atoms with Crippen molar-refractivity contribution in [1.82, 2.24) is 4.98 Å². The van der Waals surface area contributed by atoms with Gasteiger partial charge in [0, 0.05) is 23.6 Å². The van der Waals surface area contributed by atoms with Crippen molar-refractivity contribution in [3.8, 4) is 5.75 Å². The highest BCUT2D eigenvalue weighted by Gasteiger charge is 2.14. The summed E-state index contributed by atoms with van der Waals surface area (Å²) in [4.78, 5) is 15.9. The van der Waals surface area contributed by atoms with Crippen LogP contribution in [-0.4, -0.2) is 18.1 Å². The van der Waals surface area contributed by atoms with Gasteiger partial charge in [-0.2, -0.15) is 0 Å². The lowest BCUT2D eigenvalue weighted by atomic mass is 10.2. The molecule has 0 aliphatic rings. The lowest BCUT2D eigenvalue weighted by Gasteiger charge is -2.10. The maximum Gasteiger partial charge on any atom is 0.342 e. The molecule has 1 heterocycles. The number of nitrogens with two attached hydrogens (primary N) is 1. The molecule has 2 N–H and O–H groups in total. The Bertz CT molecular complexity index is 632. The van der Waals surface area contributed by atoms with Gasteiger partial charge in [0.1, 0.15) is 17.9 Å². The molecular formula is C14H13ClN2O3. The van der Waals surface area contributed by atoms with E-state index < -0.39 is 5.97 Å². The maximum absolute atomic E-state index is 12.0. The minimum atomic E-state index is -0.526. The smallest absolute Gasteiger partial charge is 0.342 e. The van der Waals surface area contributed by atoms with Crippen molar-refractivity contribution in [2.24, 2.45) is 0 Å². The van der Waals surface area contributed by atoms with Gasteiger partial charge in [0.15, 0.2) is 0 Å². The van der Waals surface area contributed by atoms with E-state index in [1.165, 1.54) is 19.4 Å². The largest absolute Gasteiger partial charge is 0.496 e. The monoisotopic (exact) mass is 292 g/mol. The van der Waals surface area contributed by atoms with E-state index in [4.69, 9.17) is 26.8 Å². The maximum atomic E-state index is 12.0. The average Bonchev–Trinajstić information content (AvgIpc) is 2.46. The number of pyridine rings is 1. The van der Waals surface area contributed by atoms with Crippen LogP contribution in [0.3, 0.4) is 0 Å². The SMILES string of the molecule is COc1ccc(N)cc1C(=O)OCc1ccncc1Cl. The normalized spacial score (nSPS) is 10.1. The van der Waals surface area contributed by atoms with E-state index in [9.17, 15) is 4.79 Å². The quantitative estimate of drug-likeness (QED) is 0.693. The number of benzene rings is 1. The predicted octanol–water partition coefficient (Wildman–Crippen LogP) is 2.68. The number of ether oxygens (including phenoxy) is 2. The van der Waals surface area contributed by atoms with Crippen molar-refractivity contribution in [1.29, 1.82) is 0 Å². The van der Waals surface area contributed by atoms with Crippen molar-refractivity contribution in [3.05, 3.63) is 52.8 Å². The van der Waals surface area contributed by atoms with Gasteiger partial charge in [-0.3, -0.25) is 4.98 Å². The number of hydrogen-bond donors (Lipinski definition) is 1. The fourth-order valence-electron chi connectivity index (χ4n) is 1.63. The Morgan fingerprint density at radius 2 is 2.20 bits per heavy atom. The number of nitrogen functional groups attached to an aromatic ring is 1. The van der Waals surface area contributed by atoms with Gasteiger partial charge >= 0.3 is 5.97 Å². The fourth-order valence-corrected chi connectivity index (χ4v) is 1.80. The average molecular weight is 293 g/mol. The van der Waals surface area contributed by atoms with E-state index >= 15 is 0 Å². The van der Waals surface area contributed by atoms with E-state index in [2.05, 4.69) is 4.98 Å². The molecule has 0 aliphatic heterocycles. The summed E-state index contributed by atoms with van der Waals surface area (Å²) in [6, 6.07) is 6.46. The zero-order valence-corrected chi connectivity index (χ0v) is 11.6. The van der Waals surface area contributed by atoms with E-state index in [-0.39, 0.29) is 12.2 Å². The summed E-state index contributed by atoms with van der Waals surface area (Å²) in [6.45, 7) is 0.0537. The van der Waals surface area contributed by atoms with Crippen molar-refractivity contribution in [3.63, 3.8) is 0 Å². The van der Waals surface area contributed by atoms with Crippen LogP contribution in [0.2, 0.25) is 5.02 Å². The van der Waals surface area contributed by atoms with E-state index in [0.29, 0.717) is 22.0 Å². The number of methoxy groups -OCH3 is 1. The third-order valence-corrected chi connectivity index (χ3v) is 3.00. The van der Waals surface area contributed by atoms with Gasteiger partial charge < -0.3 is 15.2 Å². The number of carbonyl (C=O) groups excluding carboxylic acids is 1. The minimum Gasteiger partial charge on any atom is -0.496 e. The van der Waals surface area contributed by atoms with Crippen molar-refractivity contribution in [2.75, 3.05) is 12.8 Å². The van der Waals surface area contributed by atoms with Gasteiger partial charge in [0.05, 0.1) is 12.1 Å². The summed E-state index contributed by atoms with van der Waals surface area (Å²) >= 11 is 5.94. The van der Waals surface area contributed by atoms with Crippen molar-refractivity contribution >= 4 is 23.3 Å². The van der Waals surface area contributed by atoms with Crippen LogP contribution >= 0.6 is 11.6 Å². The first kappa shape index (κ1) is 14.1. The summed E-state index contributed by atoms with van der Waals surface area (Å²) in [6.07, 6.45) is 3.07. The Hall–Kier alpha value is -2.27. The number of anilines is 1. The molecule has 0 unspecified atom stereocenters. The van der Waals surface area contributed by atoms with Crippen LogP contribution in [0.15, 0.2) is 36.7 Å². The number of rotatable bonds is 4. The second-order valence-electron chi connectivity index (χ2n) is 4.00. The lowest BCUT2D eigenvalue weighted by molar-refractivity contribution is 0.0469. The van der Waals surface area contributed by atoms with Crippen LogP contribution in [-0.2, 0) is 11.3 Å². The highest BCUT2D eigenvalue weighted by atomic mass is 35.5. The van der Waals surface area contributed by atoms with Crippen LogP contribution in [0.4, 0.5) is 5.69 Å². The summed E-state index contributed by atoms with van der Waals surface area (Å²) in [7, 11) is 1.47. The second kappa shape index (κ2) is 6.25. The Labute approximate surface area is 121 Å². The molecule has 0 saturated carbocycles. The first-order valence-corrected chi connectivity index (χ1v) is 6.18. The summed E-state index contributed by atoms with van der Waals surface area (Å²) in [5.41, 5.74) is 7.07. The number of halogens is 1. The van der Waals surface area contributed by atoms with Crippen LogP contribution in [0.25, 0.3) is 0 Å². The molecular weight excluding hydrogens is 280 g/mol. The molecule has 0 amide bonds. The predicted molar refractivity (Wildman–Crippen MR) is 75.8 cm³/mol. The first-order chi connectivity index (χ1) is 9.61. The summed E-state index contributed by atoms with van der Waals surface area (Å²) in [5, 5.41) is 0.444. The molecule has 1 aromatic heterocycles. The Morgan fingerprint density at radius 1 is 1.40 bits per heavy atom. The molecule has 2 aromatic rings. The topological polar surface area (TPSA) is 74.4 Å². The van der Waals surface area contributed by atoms with Crippen LogP contribution < -0.4 is 10.5 Å². The number of aromatic nitrogens is 1. The Morgan fingerprint density at radius 3 is 2.90 bits per heavy atom. The van der Waals surface area contributed by atoms with Gasteiger partial charge in [-0.25, -0.2) is 4.79 Å². The first-order valence-electron chi connectivity index (χ1n) is 5.81.